The van der Waals surface area contributed by atoms with Gasteiger partial charge >= 0.3 is 0 Å². The second kappa shape index (κ2) is 8.33. The summed E-state index contributed by atoms with van der Waals surface area (Å²) in [6.07, 6.45) is 3.72. The summed E-state index contributed by atoms with van der Waals surface area (Å²) in [5.41, 5.74) is 2.72. The van der Waals surface area contributed by atoms with Crippen LogP contribution in [0.3, 0.4) is 0 Å². The van der Waals surface area contributed by atoms with Crippen molar-refractivity contribution >= 4 is 17.2 Å². The first kappa shape index (κ1) is 17.7. The maximum absolute atomic E-state index is 12.2. The van der Waals surface area contributed by atoms with Crippen molar-refractivity contribution in [3.05, 3.63) is 57.8 Å². The number of benzene rings is 1. The molecule has 5 heteroatoms. The maximum Gasteiger partial charge on any atom is 0.234 e. The molecule has 0 radical (unpaired) electrons. The molecular formula is C21H27N3OS. The molecule has 26 heavy (non-hydrogen) atoms. The van der Waals surface area contributed by atoms with Crippen LogP contribution in [0.15, 0.2) is 41.8 Å². The Hall–Kier alpha value is -1.69. The van der Waals surface area contributed by atoms with Crippen LogP contribution in [0.5, 0.6) is 0 Å². The van der Waals surface area contributed by atoms with Crippen LogP contribution >= 0.6 is 11.3 Å². The van der Waals surface area contributed by atoms with Gasteiger partial charge in [0, 0.05) is 24.5 Å². The predicted molar refractivity (Wildman–Crippen MR) is 106 cm³/mol. The third kappa shape index (κ3) is 4.53. The molecule has 1 aromatic carbocycles. The minimum absolute atomic E-state index is 0.0970. The zero-order valence-corrected chi connectivity index (χ0v) is 15.9. The third-order valence-electron chi connectivity index (χ3n) is 5.37. The van der Waals surface area contributed by atoms with Crippen molar-refractivity contribution in [2.75, 3.05) is 26.2 Å². The summed E-state index contributed by atoms with van der Waals surface area (Å²) in [6.45, 7) is 4.07. The number of thiophene rings is 1. The number of nitrogens with zero attached hydrogens (tertiary/aromatic N) is 1. The van der Waals surface area contributed by atoms with E-state index in [9.17, 15) is 4.79 Å². The van der Waals surface area contributed by atoms with Crippen molar-refractivity contribution in [2.45, 2.75) is 31.8 Å². The van der Waals surface area contributed by atoms with Crippen LogP contribution in [-0.4, -0.2) is 37.0 Å². The molecule has 0 spiro atoms. The summed E-state index contributed by atoms with van der Waals surface area (Å²) in [5.74, 6) is 0.896. The second-order valence-electron chi connectivity index (χ2n) is 7.39. The fraction of sp³-hybridized carbons (Fsp3) is 0.476. The van der Waals surface area contributed by atoms with Crippen molar-refractivity contribution < 1.29 is 4.79 Å². The second-order valence-corrected chi connectivity index (χ2v) is 8.39. The molecule has 1 aliphatic heterocycles. The number of amides is 1. The molecule has 2 heterocycles. The van der Waals surface area contributed by atoms with E-state index in [0.717, 1.165) is 32.0 Å². The summed E-state index contributed by atoms with van der Waals surface area (Å²) in [7, 11) is 0. The van der Waals surface area contributed by atoms with Gasteiger partial charge in [-0.3, -0.25) is 9.69 Å². The molecule has 1 aromatic heterocycles. The van der Waals surface area contributed by atoms with Crippen LogP contribution in [0.4, 0.5) is 0 Å². The number of hydrogen-bond donors (Lipinski definition) is 2. The summed E-state index contributed by atoms with van der Waals surface area (Å²) >= 11 is 1.86. The van der Waals surface area contributed by atoms with Gasteiger partial charge in [-0.05, 0) is 54.3 Å². The first-order chi connectivity index (χ1) is 12.8. The third-order valence-corrected chi connectivity index (χ3v) is 6.39. The van der Waals surface area contributed by atoms with E-state index in [1.54, 1.807) is 0 Å². The van der Waals surface area contributed by atoms with Crippen LogP contribution < -0.4 is 10.6 Å². The number of carbonyl (C=O) groups excluding carboxylic acids is 1. The van der Waals surface area contributed by atoms with Gasteiger partial charge in [0.1, 0.15) is 0 Å². The van der Waals surface area contributed by atoms with Crippen LogP contribution in [-0.2, 0) is 17.8 Å². The smallest absolute Gasteiger partial charge is 0.234 e. The molecule has 1 atom stereocenters. The van der Waals surface area contributed by atoms with E-state index in [0.29, 0.717) is 13.1 Å². The predicted octanol–water partition coefficient (Wildman–Crippen LogP) is 2.96. The average molecular weight is 370 g/mol. The Labute approximate surface area is 159 Å². The molecule has 1 unspecified atom stereocenters. The average Bonchev–Trinajstić information content (AvgIpc) is 3.37. The van der Waals surface area contributed by atoms with Crippen molar-refractivity contribution in [1.82, 2.24) is 15.5 Å². The van der Waals surface area contributed by atoms with Gasteiger partial charge in [0.25, 0.3) is 0 Å². The Morgan fingerprint density at radius 1 is 1.23 bits per heavy atom. The first-order valence-corrected chi connectivity index (χ1v) is 10.5. The topological polar surface area (TPSA) is 44.4 Å². The van der Waals surface area contributed by atoms with Crippen LogP contribution in [0.25, 0.3) is 0 Å². The Kier molecular flexibility index (Phi) is 5.68. The van der Waals surface area contributed by atoms with E-state index in [2.05, 4.69) is 51.2 Å². The quantitative estimate of drug-likeness (QED) is 0.752. The first-order valence-electron chi connectivity index (χ1n) is 9.61. The van der Waals surface area contributed by atoms with Crippen LogP contribution in [0.2, 0.25) is 0 Å². The van der Waals surface area contributed by atoms with Gasteiger partial charge in [0.15, 0.2) is 0 Å². The van der Waals surface area contributed by atoms with E-state index in [1.165, 1.54) is 28.8 Å². The van der Waals surface area contributed by atoms with E-state index < -0.39 is 0 Å². The van der Waals surface area contributed by atoms with Gasteiger partial charge < -0.3 is 10.6 Å². The highest BCUT2D eigenvalue weighted by atomic mass is 32.1. The molecule has 1 saturated carbocycles. The summed E-state index contributed by atoms with van der Waals surface area (Å²) in [6, 6.07) is 13.0. The van der Waals surface area contributed by atoms with Gasteiger partial charge in [-0.15, -0.1) is 11.3 Å². The van der Waals surface area contributed by atoms with Gasteiger partial charge in [0.2, 0.25) is 5.91 Å². The Bertz CT molecular complexity index is 726. The lowest BCUT2D eigenvalue weighted by molar-refractivity contribution is -0.120. The molecule has 0 bridgehead atoms. The Balaban J connectivity index is 1.38. The lowest BCUT2D eigenvalue weighted by atomic mass is 10.0. The van der Waals surface area contributed by atoms with Gasteiger partial charge in [-0.1, -0.05) is 30.3 Å². The molecule has 138 valence electrons. The highest BCUT2D eigenvalue weighted by molar-refractivity contribution is 7.10. The van der Waals surface area contributed by atoms with Crippen molar-refractivity contribution in [1.29, 1.82) is 0 Å². The monoisotopic (exact) mass is 369 g/mol. The molecule has 1 amide bonds. The highest BCUT2D eigenvalue weighted by Gasteiger charge is 2.26. The number of hydrogen-bond acceptors (Lipinski definition) is 4. The number of carbonyl (C=O) groups is 1. The normalized spacial score (nSPS) is 18.3. The number of rotatable bonds is 8. The zero-order chi connectivity index (χ0) is 17.8. The summed E-state index contributed by atoms with van der Waals surface area (Å²) in [5, 5.41) is 8.62. The highest BCUT2D eigenvalue weighted by Crippen LogP contribution is 2.30. The van der Waals surface area contributed by atoms with Crippen LogP contribution in [0, 0.1) is 5.92 Å². The summed E-state index contributed by atoms with van der Waals surface area (Å²) in [4.78, 5) is 16.2. The maximum atomic E-state index is 12.2. The van der Waals surface area contributed by atoms with E-state index >= 15 is 0 Å². The molecule has 4 nitrogen and oxygen atoms in total. The van der Waals surface area contributed by atoms with Gasteiger partial charge in [-0.2, -0.15) is 0 Å². The molecule has 2 aromatic rings. The largest absolute Gasteiger partial charge is 0.353 e. The fourth-order valence-corrected chi connectivity index (χ4v) is 4.54. The Morgan fingerprint density at radius 2 is 2.08 bits per heavy atom. The minimum atomic E-state index is 0.0970. The lowest BCUT2D eigenvalue weighted by Gasteiger charge is -2.35. The molecule has 1 aliphatic carbocycles. The van der Waals surface area contributed by atoms with E-state index in [4.69, 9.17) is 0 Å². The standard InChI is InChI=1S/C21H27N3OS/c25-21(14-22-12-16-6-7-16)23-13-19(17-4-2-1-3-5-17)24-10-8-20-18(15-24)9-11-26-20/h1-5,9,11,16,19,22H,6-8,10,12-15H2,(H,23,25). The zero-order valence-electron chi connectivity index (χ0n) is 15.1. The molecule has 2 N–H and O–H groups in total. The molecule has 1 fully saturated rings. The van der Waals surface area contributed by atoms with Gasteiger partial charge in [-0.25, -0.2) is 0 Å². The van der Waals surface area contributed by atoms with Crippen molar-refractivity contribution in [3.63, 3.8) is 0 Å². The lowest BCUT2D eigenvalue weighted by Crippen LogP contribution is -2.42. The molecule has 2 aliphatic rings. The molecule has 0 saturated heterocycles. The van der Waals surface area contributed by atoms with Crippen LogP contribution in [0.1, 0.15) is 34.9 Å². The SMILES string of the molecule is O=C(CNCC1CC1)NCC(c1ccccc1)N1CCc2sccc2C1. The van der Waals surface area contributed by atoms with E-state index in [-0.39, 0.29) is 11.9 Å². The van der Waals surface area contributed by atoms with Crippen molar-refractivity contribution in [3.8, 4) is 0 Å². The fourth-order valence-electron chi connectivity index (χ4n) is 3.65. The molecular weight excluding hydrogens is 342 g/mol. The van der Waals surface area contributed by atoms with E-state index in [1.807, 2.05) is 17.4 Å². The van der Waals surface area contributed by atoms with Gasteiger partial charge in [0.05, 0.1) is 12.6 Å². The Morgan fingerprint density at radius 3 is 2.88 bits per heavy atom. The minimum Gasteiger partial charge on any atom is -0.353 e. The molecule has 4 rings (SSSR count). The van der Waals surface area contributed by atoms with Crippen molar-refractivity contribution in [2.24, 2.45) is 5.92 Å². The summed E-state index contributed by atoms with van der Waals surface area (Å²) < 4.78 is 0. The number of fused-ring (bicyclic) bond motifs is 1. The number of nitrogens with one attached hydrogen (secondary N) is 2.